The summed E-state index contributed by atoms with van der Waals surface area (Å²) in [6.45, 7) is 1.63. The van der Waals surface area contributed by atoms with Gasteiger partial charge in [0.15, 0.2) is 14.9 Å². The predicted octanol–water partition coefficient (Wildman–Crippen LogP) is 1.20. The van der Waals surface area contributed by atoms with Gasteiger partial charge in [-0.3, -0.25) is 0 Å². The maximum absolute atomic E-state index is 13.3. The molecule has 2 N–H and O–H groups in total. The molecule has 0 spiro atoms. The third-order valence-electron chi connectivity index (χ3n) is 4.16. The largest absolute Gasteiger partial charge is 0.345 e. The van der Waals surface area contributed by atoms with Crippen LogP contribution in [0.15, 0.2) is 18.2 Å². The molecule has 5 nitrogen and oxygen atoms in total. The van der Waals surface area contributed by atoms with Gasteiger partial charge in [0, 0.05) is 24.7 Å². The number of anilines is 1. The van der Waals surface area contributed by atoms with Crippen molar-refractivity contribution in [1.82, 2.24) is 4.90 Å². The molecule has 1 aromatic rings. The Kier molecular flexibility index (Phi) is 7.01. The minimum Gasteiger partial charge on any atom is -0.345 e. The first kappa shape index (κ1) is 20.4. The number of benzene rings is 1. The van der Waals surface area contributed by atoms with E-state index in [0.29, 0.717) is 23.8 Å². The second-order valence-electron chi connectivity index (χ2n) is 6.62. The number of nitrogens with zero attached hydrogens (tertiary/aromatic N) is 1. The summed E-state index contributed by atoms with van der Waals surface area (Å²) in [6.07, 6.45) is 1.47. The number of sulfone groups is 1. The van der Waals surface area contributed by atoms with Crippen molar-refractivity contribution in [2.75, 3.05) is 44.0 Å². The quantitative estimate of drug-likeness (QED) is 0.693. The molecule has 0 bridgehead atoms. The summed E-state index contributed by atoms with van der Waals surface area (Å²) < 4.78 is 37.0. The maximum atomic E-state index is 13.3. The molecular weight excluding hydrogens is 385 g/mol. The lowest BCUT2D eigenvalue weighted by Gasteiger charge is -2.31. The molecule has 1 aliphatic rings. The van der Waals surface area contributed by atoms with Crippen molar-refractivity contribution in [3.8, 4) is 0 Å². The first-order valence-electron chi connectivity index (χ1n) is 8.20. The standard InChI is InChI=1S/C16H23ClFN3O2S2/c1-20(2)7-3-8-21(13-6-9-25(22,23)11-13)16(24)19-12-4-5-15(18)14(17)10-12/h4-5,10,13H,3,6-9,11H2,1-2H3,(H,19,24)/p+1/t13-/m0/s1. The summed E-state index contributed by atoms with van der Waals surface area (Å²) in [5, 5.41) is 3.51. The highest BCUT2D eigenvalue weighted by molar-refractivity contribution is 7.91. The van der Waals surface area contributed by atoms with Crippen LogP contribution in [0.1, 0.15) is 12.8 Å². The zero-order valence-electron chi connectivity index (χ0n) is 14.4. The fraction of sp³-hybridized carbons (Fsp3) is 0.562. The van der Waals surface area contributed by atoms with Crippen molar-refractivity contribution in [3.63, 3.8) is 0 Å². The summed E-state index contributed by atoms with van der Waals surface area (Å²) in [7, 11) is 1.14. The first-order valence-corrected chi connectivity index (χ1v) is 10.8. The van der Waals surface area contributed by atoms with Gasteiger partial charge in [-0.25, -0.2) is 12.8 Å². The monoisotopic (exact) mass is 408 g/mol. The topological polar surface area (TPSA) is 53.9 Å². The van der Waals surface area contributed by atoms with E-state index in [-0.39, 0.29) is 22.6 Å². The van der Waals surface area contributed by atoms with Crippen molar-refractivity contribution < 1.29 is 17.7 Å². The Balaban J connectivity index is 2.09. The van der Waals surface area contributed by atoms with E-state index in [1.807, 2.05) is 4.90 Å². The van der Waals surface area contributed by atoms with Gasteiger partial charge in [0.05, 0.1) is 37.2 Å². The Bertz CT molecular complexity index is 728. The summed E-state index contributed by atoms with van der Waals surface area (Å²) in [4.78, 5) is 3.27. The van der Waals surface area contributed by atoms with E-state index in [2.05, 4.69) is 19.4 Å². The number of hydrogen-bond donors (Lipinski definition) is 2. The van der Waals surface area contributed by atoms with Crippen LogP contribution in [0.2, 0.25) is 5.02 Å². The molecule has 1 aliphatic heterocycles. The minimum atomic E-state index is -3.01. The third-order valence-corrected chi connectivity index (χ3v) is 6.53. The summed E-state index contributed by atoms with van der Waals surface area (Å²) >= 11 is 11.3. The van der Waals surface area contributed by atoms with Crippen LogP contribution in [-0.2, 0) is 9.84 Å². The second kappa shape index (κ2) is 8.62. The molecule has 25 heavy (non-hydrogen) atoms. The Morgan fingerprint density at radius 3 is 2.76 bits per heavy atom. The Morgan fingerprint density at radius 1 is 1.48 bits per heavy atom. The molecule has 0 aliphatic carbocycles. The van der Waals surface area contributed by atoms with Crippen molar-refractivity contribution in [2.24, 2.45) is 0 Å². The highest BCUT2D eigenvalue weighted by Crippen LogP contribution is 2.22. The van der Waals surface area contributed by atoms with E-state index >= 15 is 0 Å². The lowest BCUT2D eigenvalue weighted by atomic mass is 10.2. The van der Waals surface area contributed by atoms with Gasteiger partial charge in [-0.05, 0) is 36.8 Å². The van der Waals surface area contributed by atoms with E-state index < -0.39 is 15.7 Å². The molecule has 0 unspecified atom stereocenters. The van der Waals surface area contributed by atoms with Crippen molar-refractivity contribution in [1.29, 1.82) is 0 Å². The second-order valence-corrected chi connectivity index (χ2v) is 9.64. The van der Waals surface area contributed by atoms with Gasteiger partial charge in [-0.1, -0.05) is 11.6 Å². The number of nitrogens with one attached hydrogen (secondary N) is 2. The van der Waals surface area contributed by atoms with Crippen molar-refractivity contribution in [3.05, 3.63) is 29.0 Å². The molecule has 2 rings (SSSR count). The number of halogens is 2. The molecule has 0 saturated carbocycles. The van der Waals surface area contributed by atoms with Crippen LogP contribution in [0, 0.1) is 5.82 Å². The summed E-state index contributed by atoms with van der Waals surface area (Å²) in [5.41, 5.74) is 0.584. The Labute approximate surface area is 159 Å². The van der Waals surface area contributed by atoms with E-state index in [4.69, 9.17) is 23.8 Å². The molecule has 0 radical (unpaired) electrons. The predicted molar refractivity (Wildman–Crippen MR) is 104 cm³/mol. The normalized spacial score (nSPS) is 19.2. The van der Waals surface area contributed by atoms with E-state index in [0.717, 1.165) is 13.0 Å². The van der Waals surface area contributed by atoms with Crippen LogP contribution in [0.3, 0.4) is 0 Å². The van der Waals surface area contributed by atoms with E-state index in [1.54, 1.807) is 6.07 Å². The summed E-state index contributed by atoms with van der Waals surface area (Å²) in [5.74, 6) is -0.183. The van der Waals surface area contributed by atoms with Crippen LogP contribution >= 0.6 is 23.8 Å². The van der Waals surface area contributed by atoms with E-state index in [9.17, 15) is 12.8 Å². The lowest BCUT2D eigenvalue weighted by molar-refractivity contribution is -0.858. The molecule has 1 heterocycles. The fourth-order valence-electron chi connectivity index (χ4n) is 2.84. The fourth-order valence-corrected chi connectivity index (χ4v) is 5.11. The average Bonchev–Trinajstić information content (AvgIpc) is 2.87. The van der Waals surface area contributed by atoms with Gasteiger partial charge in [0.2, 0.25) is 0 Å². The van der Waals surface area contributed by atoms with Gasteiger partial charge in [0.25, 0.3) is 0 Å². The average molecular weight is 409 g/mol. The SMILES string of the molecule is C[NH+](C)CCCN(C(=S)Nc1ccc(F)c(Cl)c1)[C@H]1CCS(=O)(=O)C1. The minimum absolute atomic E-state index is 0.0130. The van der Waals surface area contributed by atoms with Gasteiger partial charge in [-0.2, -0.15) is 0 Å². The maximum Gasteiger partial charge on any atom is 0.173 e. The van der Waals surface area contributed by atoms with Gasteiger partial charge >= 0.3 is 0 Å². The van der Waals surface area contributed by atoms with Crippen LogP contribution in [0.25, 0.3) is 0 Å². The van der Waals surface area contributed by atoms with Crippen LogP contribution < -0.4 is 10.2 Å². The third kappa shape index (κ3) is 6.06. The molecule has 9 heteroatoms. The highest BCUT2D eigenvalue weighted by Gasteiger charge is 2.33. The van der Waals surface area contributed by atoms with E-state index in [1.165, 1.54) is 17.0 Å². The van der Waals surface area contributed by atoms with Crippen LogP contribution in [-0.4, -0.2) is 63.2 Å². The van der Waals surface area contributed by atoms with Crippen LogP contribution in [0.5, 0.6) is 0 Å². The number of rotatable bonds is 6. The van der Waals surface area contributed by atoms with Gasteiger partial charge < -0.3 is 15.1 Å². The van der Waals surface area contributed by atoms with Gasteiger partial charge in [-0.15, -0.1) is 0 Å². The molecule has 0 amide bonds. The molecule has 1 aromatic carbocycles. The molecule has 0 aromatic heterocycles. The number of quaternary nitrogens is 1. The summed E-state index contributed by atoms with van der Waals surface area (Å²) in [6, 6.07) is 4.17. The highest BCUT2D eigenvalue weighted by atomic mass is 35.5. The Hall–Kier alpha value is -0.960. The first-order chi connectivity index (χ1) is 11.7. The lowest BCUT2D eigenvalue weighted by Crippen LogP contribution is -3.05. The molecule has 1 atom stereocenters. The van der Waals surface area contributed by atoms with Gasteiger partial charge in [0.1, 0.15) is 5.82 Å². The smallest absolute Gasteiger partial charge is 0.173 e. The molecular formula is C16H24ClFN3O2S2+. The zero-order valence-corrected chi connectivity index (χ0v) is 16.8. The Morgan fingerprint density at radius 2 is 2.20 bits per heavy atom. The zero-order chi connectivity index (χ0) is 18.6. The number of thiocarbonyl (C=S) groups is 1. The molecule has 1 fully saturated rings. The van der Waals surface area contributed by atoms with Crippen LogP contribution in [0.4, 0.5) is 10.1 Å². The van der Waals surface area contributed by atoms with Crippen molar-refractivity contribution in [2.45, 2.75) is 18.9 Å². The molecule has 140 valence electrons. The van der Waals surface area contributed by atoms with Crippen molar-refractivity contribution >= 4 is 44.5 Å². The number of hydrogen-bond acceptors (Lipinski definition) is 3. The molecule has 1 saturated heterocycles.